The van der Waals surface area contributed by atoms with Crippen molar-refractivity contribution in [3.8, 4) is 17.2 Å². The molecule has 0 amide bonds. The molecule has 1 rings (SSSR count). The molecule has 0 fully saturated rings. The first-order chi connectivity index (χ1) is 8.04. The summed E-state index contributed by atoms with van der Waals surface area (Å²) in [5.74, 6) is 2.10. The molecule has 0 saturated heterocycles. The summed E-state index contributed by atoms with van der Waals surface area (Å²) in [5.41, 5.74) is 0.893. The minimum Gasteiger partial charge on any atom is -0.496 e. The third-order valence-corrected chi connectivity index (χ3v) is 3.22. The fraction of sp³-hybridized carbons (Fsp3) is 0.500. The molecule has 1 unspecified atom stereocenters. The molecule has 0 aliphatic rings. The van der Waals surface area contributed by atoms with E-state index in [0.717, 1.165) is 5.56 Å². The van der Waals surface area contributed by atoms with Gasteiger partial charge in [-0.15, -0.1) is 0 Å². The number of hydrogen-bond acceptors (Lipinski definition) is 5. The summed E-state index contributed by atoms with van der Waals surface area (Å²) >= 11 is 4.55. The van der Waals surface area contributed by atoms with E-state index in [1.165, 1.54) is 0 Å². The van der Waals surface area contributed by atoms with Crippen LogP contribution < -0.4 is 14.2 Å². The standard InChI is InChI=1S/C12H19NO3S/c1-13(2)12(17)11-9(15-4)6-8(14-3)7-10(11)16-5/h6-7,12,17H,1-5H3. The van der Waals surface area contributed by atoms with Crippen molar-refractivity contribution < 1.29 is 14.2 Å². The highest BCUT2D eigenvalue weighted by molar-refractivity contribution is 7.80. The average Bonchev–Trinajstić information content (AvgIpc) is 2.35. The minimum atomic E-state index is -0.106. The van der Waals surface area contributed by atoms with Gasteiger partial charge in [-0.25, -0.2) is 0 Å². The Morgan fingerprint density at radius 3 is 1.76 bits per heavy atom. The zero-order chi connectivity index (χ0) is 13.0. The number of rotatable bonds is 5. The van der Waals surface area contributed by atoms with Crippen LogP contribution in [0.15, 0.2) is 12.1 Å². The van der Waals surface area contributed by atoms with Crippen molar-refractivity contribution >= 4 is 12.6 Å². The molecule has 1 aromatic rings. The van der Waals surface area contributed by atoms with Crippen molar-refractivity contribution in [3.05, 3.63) is 17.7 Å². The molecule has 0 aromatic heterocycles. The van der Waals surface area contributed by atoms with Gasteiger partial charge < -0.3 is 14.2 Å². The van der Waals surface area contributed by atoms with Gasteiger partial charge in [0.15, 0.2) is 0 Å². The molecular formula is C12H19NO3S. The molecular weight excluding hydrogens is 238 g/mol. The third-order valence-electron chi connectivity index (χ3n) is 2.50. The molecule has 4 nitrogen and oxygen atoms in total. The summed E-state index contributed by atoms with van der Waals surface area (Å²) < 4.78 is 15.9. The number of thiol groups is 1. The first-order valence-electron chi connectivity index (χ1n) is 5.19. The van der Waals surface area contributed by atoms with E-state index in [-0.39, 0.29) is 5.37 Å². The van der Waals surface area contributed by atoms with Gasteiger partial charge >= 0.3 is 0 Å². The highest BCUT2D eigenvalue weighted by Crippen LogP contribution is 2.41. The number of ether oxygens (including phenoxy) is 3. The van der Waals surface area contributed by atoms with E-state index in [4.69, 9.17) is 14.2 Å². The van der Waals surface area contributed by atoms with Crippen molar-refractivity contribution in [2.75, 3.05) is 35.4 Å². The smallest absolute Gasteiger partial charge is 0.131 e. The van der Waals surface area contributed by atoms with Crippen molar-refractivity contribution in [2.24, 2.45) is 0 Å². The zero-order valence-corrected chi connectivity index (χ0v) is 11.7. The topological polar surface area (TPSA) is 30.9 Å². The highest BCUT2D eigenvalue weighted by Gasteiger charge is 2.21. The fourth-order valence-corrected chi connectivity index (χ4v) is 1.80. The van der Waals surface area contributed by atoms with Gasteiger partial charge in [0.1, 0.15) is 17.2 Å². The van der Waals surface area contributed by atoms with Crippen LogP contribution in [-0.2, 0) is 0 Å². The van der Waals surface area contributed by atoms with Gasteiger partial charge in [0.25, 0.3) is 0 Å². The quantitative estimate of drug-likeness (QED) is 0.647. The third kappa shape index (κ3) is 2.98. The second kappa shape index (κ2) is 6.02. The van der Waals surface area contributed by atoms with E-state index in [0.29, 0.717) is 17.2 Å². The van der Waals surface area contributed by atoms with Crippen LogP contribution in [0, 0.1) is 0 Å². The van der Waals surface area contributed by atoms with Crippen LogP contribution in [0.3, 0.4) is 0 Å². The average molecular weight is 257 g/mol. The lowest BCUT2D eigenvalue weighted by molar-refractivity contribution is 0.338. The monoisotopic (exact) mass is 257 g/mol. The van der Waals surface area contributed by atoms with E-state index < -0.39 is 0 Å². The number of methoxy groups -OCH3 is 3. The maximum atomic E-state index is 5.37. The minimum absolute atomic E-state index is 0.106. The molecule has 0 saturated carbocycles. The summed E-state index contributed by atoms with van der Waals surface area (Å²) in [6, 6.07) is 3.65. The van der Waals surface area contributed by atoms with Gasteiger partial charge in [-0.2, -0.15) is 12.6 Å². The van der Waals surface area contributed by atoms with Crippen molar-refractivity contribution in [1.29, 1.82) is 0 Å². The Labute approximate surface area is 108 Å². The summed E-state index contributed by atoms with van der Waals surface area (Å²) in [4.78, 5) is 1.97. The molecule has 0 bridgehead atoms. The van der Waals surface area contributed by atoms with Gasteiger partial charge in [-0.3, -0.25) is 4.90 Å². The molecule has 1 aromatic carbocycles. The zero-order valence-electron chi connectivity index (χ0n) is 10.9. The number of nitrogens with zero attached hydrogens (tertiary/aromatic N) is 1. The van der Waals surface area contributed by atoms with Crippen LogP contribution in [-0.4, -0.2) is 40.3 Å². The molecule has 0 aliphatic heterocycles. The predicted molar refractivity (Wildman–Crippen MR) is 71.5 cm³/mol. The molecule has 0 aliphatic carbocycles. The van der Waals surface area contributed by atoms with E-state index in [9.17, 15) is 0 Å². The van der Waals surface area contributed by atoms with Gasteiger partial charge in [-0.05, 0) is 14.1 Å². The van der Waals surface area contributed by atoms with Crippen LogP contribution >= 0.6 is 12.6 Å². The van der Waals surface area contributed by atoms with E-state index in [2.05, 4.69) is 12.6 Å². The summed E-state index contributed by atoms with van der Waals surface area (Å²) in [5, 5.41) is -0.106. The van der Waals surface area contributed by atoms with Crippen LogP contribution in [0.2, 0.25) is 0 Å². The lowest BCUT2D eigenvalue weighted by atomic mass is 10.1. The molecule has 17 heavy (non-hydrogen) atoms. The summed E-state index contributed by atoms with van der Waals surface area (Å²) in [6.07, 6.45) is 0. The van der Waals surface area contributed by atoms with E-state index >= 15 is 0 Å². The van der Waals surface area contributed by atoms with Crippen molar-refractivity contribution in [3.63, 3.8) is 0 Å². The van der Waals surface area contributed by atoms with E-state index in [1.807, 2.05) is 31.1 Å². The molecule has 0 heterocycles. The Kier molecular flexibility index (Phi) is 4.96. The van der Waals surface area contributed by atoms with E-state index in [1.54, 1.807) is 21.3 Å². The van der Waals surface area contributed by atoms with Crippen molar-refractivity contribution in [1.82, 2.24) is 4.90 Å². The molecule has 0 radical (unpaired) electrons. The maximum absolute atomic E-state index is 5.37. The largest absolute Gasteiger partial charge is 0.496 e. The normalized spacial score (nSPS) is 12.4. The maximum Gasteiger partial charge on any atom is 0.131 e. The second-order valence-electron chi connectivity index (χ2n) is 3.78. The molecule has 1 atom stereocenters. The van der Waals surface area contributed by atoms with Crippen LogP contribution in [0.5, 0.6) is 17.2 Å². The summed E-state index contributed by atoms with van der Waals surface area (Å²) in [6.45, 7) is 0. The number of hydrogen-bond donors (Lipinski definition) is 1. The Morgan fingerprint density at radius 1 is 1.00 bits per heavy atom. The van der Waals surface area contributed by atoms with Crippen LogP contribution in [0.1, 0.15) is 10.9 Å². The van der Waals surface area contributed by atoms with Crippen molar-refractivity contribution in [2.45, 2.75) is 5.37 Å². The Hall–Kier alpha value is -1.07. The molecule has 96 valence electrons. The Morgan fingerprint density at radius 2 is 1.47 bits per heavy atom. The molecule has 0 N–H and O–H groups in total. The van der Waals surface area contributed by atoms with Gasteiger partial charge in [-0.1, -0.05) is 0 Å². The molecule has 0 spiro atoms. The highest BCUT2D eigenvalue weighted by atomic mass is 32.1. The van der Waals surface area contributed by atoms with Gasteiger partial charge in [0, 0.05) is 12.1 Å². The fourth-order valence-electron chi connectivity index (χ4n) is 1.55. The Balaban J connectivity index is 3.34. The predicted octanol–water partition coefficient (Wildman–Crippen LogP) is 2.20. The lowest BCUT2D eigenvalue weighted by Crippen LogP contribution is -2.16. The first-order valence-corrected chi connectivity index (χ1v) is 5.71. The number of benzene rings is 1. The Bertz CT molecular complexity index is 357. The van der Waals surface area contributed by atoms with Gasteiger partial charge in [0.2, 0.25) is 0 Å². The lowest BCUT2D eigenvalue weighted by Gasteiger charge is -2.24. The van der Waals surface area contributed by atoms with Crippen LogP contribution in [0.25, 0.3) is 0 Å². The SMILES string of the molecule is COc1cc(OC)c(C(S)N(C)C)c(OC)c1. The van der Waals surface area contributed by atoms with Crippen LogP contribution in [0.4, 0.5) is 0 Å². The summed E-state index contributed by atoms with van der Waals surface area (Å²) in [7, 11) is 8.74. The molecule has 5 heteroatoms. The first kappa shape index (κ1) is 14.0. The second-order valence-corrected chi connectivity index (χ2v) is 4.27. The van der Waals surface area contributed by atoms with Gasteiger partial charge in [0.05, 0.1) is 32.3 Å².